The molecule has 1 N–H and O–H groups in total. The molecule has 0 aliphatic rings. The second-order valence-corrected chi connectivity index (χ2v) is 5.31. The zero-order valence-electron chi connectivity index (χ0n) is 12.4. The van der Waals surface area contributed by atoms with Crippen LogP contribution in [0.1, 0.15) is 12.5 Å². The number of likely N-dealkylation sites (N-methyl/N-ethyl adjacent to an activating group) is 1. The van der Waals surface area contributed by atoms with Crippen LogP contribution < -0.4 is 5.32 Å². The smallest absolute Gasteiger partial charge is 0.0340 e. The third-order valence-electron chi connectivity index (χ3n) is 3.72. The maximum atomic E-state index is 3.48. The highest BCUT2D eigenvalue weighted by Gasteiger charge is 2.08. The molecule has 0 unspecified atom stereocenters. The lowest BCUT2D eigenvalue weighted by atomic mass is 10.1. The van der Waals surface area contributed by atoms with Crippen LogP contribution >= 0.6 is 0 Å². The van der Waals surface area contributed by atoms with Crippen molar-refractivity contribution in [2.24, 2.45) is 0 Å². The van der Waals surface area contributed by atoms with Gasteiger partial charge in [0.2, 0.25) is 0 Å². The predicted octanol–water partition coefficient (Wildman–Crippen LogP) is 3.66. The van der Waals surface area contributed by atoms with Crippen LogP contribution in [0.4, 0.5) is 5.69 Å². The Morgan fingerprint density at radius 2 is 1.55 bits per heavy atom. The van der Waals surface area contributed by atoms with E-state index >= 15 is 0 Å². The molecule has 0 saturated carbocycles. The molecular formula is C18H24N2. The molecule has 2 heteroatoms. The summed E-state index contributed by atoms with van der Waals surface area (Å²) < 4.78 is 0. The number of nitrogens with one attached hydrogen (secondary N) is 1. The fraction of sp³-hybridized carbons (Fsp3) is 0.333. The molecule has 0 saturated heterocycles. The van der Waals surface area contributed by atoms with E-state index in [1.54, 1.807) is 0 Å². The summed E-state index contributed by atoms with van der Waals surface area (Å²) in [6, 6.07) is 21.6. The molecule has 1 atom stereocenters. The Labute approximate surface area is 122 Å². The van der Waals surface area contributed by atoms with E-state index in [0.717, 1.165) is 19.5 Å². The van der Waals surface area contributed by atoms with Gasteiger partial charge in [-0.3, -0.25) is 0 Å². The van der Waals surface area contributed by atoms with E-state index in [-0.39, 0.29) is 0 Å². The Bertz CT molecular complexity index is 434. The molecule has 0 spiro atoms. The molecule has 2 nitrogen and oxygen atoms in total. The van der Waals surface area contributed by atoms with Gasteiger partial charge in [-0.05, 0) is 38.1 Å². The fourth-order valence-electron chi connectivity index (χ4n) is 2.15. The summed E-state index contributed by atoms with van der Waals surface area (Å²) in [6.07, 6.45) is 1.10. The molecule has 20 heavy (non-hydrogen) atoms. The van der Waals surface area contributed by atoms with Gasteiger partial charge in [0.15, 0.2) is 0 Å². The second kappa shape index (κ2) is 7.71. The molecule has 0 fully saturated rings. The summed E-state index contributed by atoms with van der Waals surface area (Å²) in [5, 5.41) is 3.48. The van der Waals surface area contributed by atoms with Crippen molar-refractivity contribution in [1.29, 1.82) is 0 Å². The zero-order chi connectivity index (χ0) is 14.2. The first kappa shape index (κ1) is 14.6. The third-order valence-corrected chi connectivity index (χ3v) is 3.72. The summed E-state index contributed by atoms with van der Waals surface area (Å²) in [4.78, 5) is 2.41. The average molecular weight is 268 g/mol. The van der Waals surface area contributed by atoms with E-state index in [4.69, 9.17) is 0 Å². The summed E-state index contributed by atoms with van der Waals surface area (Å²) in [6.45, 7) is 4.32. The summed E-state index contributed by atoms with van der Waals surface area (Å²) in [5.41, 5.74) is 2.60. The van der Waals surface area contributed by atoms with Gasteiger partial charge in [0, 0.05) is 24.8 Å². The molecule has 2 aromatic rings. The monoisotopic (exact) mass is 268 g/mol. The topological polar surface area (TPSA) is 15.3 Å². The Balaban J connectivity index is 1.73. The van der Waals surface area contributed by atoms with E-state index in [1.165, 1.54) is 11.3 Å². The van der Waals surface area contributed by atoms with Crippen molar-refractivity contribution in [3.8, 4) is 0 Å². The molecule has 0 aromatic heterocycles. The largest absolute Gasteiger partial charge is 0.383 e. The maximum Gasteiger partial charge on any atom is 0.0340 e. The van der Waals surface area contributed by atoms with E-state index in [0.29, 0.717) is 6.04 Å². The van der Waals surface area contributed by atoms with Crippen LogP contribution in [0.25, 0.3) is 0 Å². The Morgan fingerprint density at radius 3 is 2.20 bits per heavy atom. The van der Waals surface area contributed by atoms with E-state index in [1.807, 2.05) is 6.07 Å². The zero-order valence-corrected chi connectivity index (χ0v) is 12.4. The summed E-state index contributed by atoms with van der Waals surface area (Å²) in [5.74, 6) is 0. The van der Waals surface area contributed by atoms with Crippen molar-refractivity contribution in [2.75, 3.05) is 25.5 Å². The number of benzene rings is 2. The lowest BCUT2D eigenvalue weighted by molar-refractivity contribution is 0.270. The van der Waals surface area contributed by atoms with Crippen LogP contribution in [0.3, 0.4) is 0 Å². The first-order chi connectivity index (χ1) is 9.75. The lowest BCUT2D eigenvalue weighted by Gasteiger charge is -2.25. The van der Waals surface area contributed by atoms with Gasteiger partial charge in [0.05, 0.1) is 0 Å². The van der Waals surface area contributed by atoms with Crippen molar-refractivity contribution in [2.45, 2.75) is 19.4 Å². The van der Waals surface area contributed by atoms with Gasteiger partial charge < -0.3 is 10.2 Å². The number of hydrogen-bond donors (Lipinski definition) is 1. The average Bonchev–Trinajstić information content (AvgIpc) is 2.52. The van der Waals surface area contributed by atoms with Gasteiger partial charge in [0.1, 0.15) is 0 Å². The van der Waals surface area contributed by atoms with Gasteiger partial charge in [-0.15, -0.1) is 0 Å². The van der Waals surface area contributed by atoms with Crippen molar-refractivity contribution in [3.05, 3.63) is 66.2 Å². The minimum atomic E-state index is 0.513. The third kappa shape index (κ3) is 4.71. The summed E-state index contributed by atoms with van der Waals surface area (Å²) >= 11 is 0. The van der Waals surface area contributed by atoms with Crippen molar-refractivity contribution in [3.63, 3.8) is 0 Å². The van der Waals surface area contributed by atoms with Gasteiger partial charge in [-0.1, -0.05) is 48.5 Å². The predicted molar refractivity (Wildman–Crippen MR) is 87.2 cm³/mol. The van der Waals surface area contributed by atoms with E-state index < -0.39 is 0 Å². The van der Waals surface area contributed by atoms with Crippen LogP contribution in [0.2, 0.25) is 0 Å². The highest BCUT2D eigenvalue weighted by Crippen LogP contribution is 2.07. The molecule has 2 aromatic carbocycles. The van der Waals surface area contributed by atoms with Crippen molar-refractivity contribution < 1.29 is 0 Å². The standard InChI is InChI=1S/C18H24N2/c1-16(15-19-18-11-7-4-8-12-18)20(2)14-13-17-9-5-3-6-10-17/h3-12,16,19H,13-15H2,1-2H3/t16-/m1/s1. The Morgan fingerprint density at radius 1 is 0.950 bits per heavy atom. The minimum Gasteiger partial charge on any atom is -0.383 e. The Hall–Kier alpha value is -1.80. The molecule has 0 aliphatic carbocycles. The quantitative estimate of drug-likeness (QED) is 0.824. The van der Waals surface area contributed by atoms with Gasteiger partial charge in [0.25, 0.3) is 0 Å². The van der Waals surface area contributed by atoms with Crippen LogP contribution in [-0.2, 0) is 6.42 Å². The molecule has 2 rings (SSSR count). The maximum absolute atomic E-state index is 3.48. The molecule has 0 amide bonds. The van der Waals surface area contributed by atoms with Crippen LogP contribution in [0.15, 0.2) is 60.7 Å². The summed E-state index contributed by atoms with van der Waals surface area (Å²) in [7, 11) is 2.19. The first-order valence-electron chi connectivity index (χ1n) is 7.29. The van der Waals surface area contributed by atoms with Crippen LogP contribution in [-0.4, -0.2) is 31.1 Å². The number of anilines is 1. The van der Waals surface area contributed by atoms with Gasteiger partial charge >= 0.3 is 0 Å². The molecule has 0 heterocycles. The molecular weight excluding hydrogens is 244 g/mol. The number of nitrogens with zero attached hydrogens (tertiary/aromatic N) is 1. The highest BCUT2D eigenvalue weighted by atomic mass is 15.1. The van der Waals surface area contributed by atoms with E-state index in [9.17, 15) is 0 Å². The van der Waals surface area contributed by atoms with Gasteiger partial charge in [-0.2, -0.15) is 0 Å². The van der Waals surface area contributed by atoms with Crippen molar-refractivity contribution in [1.82, 2.24) is 4.90 Å². The number of para-hydroxylation sites is 1. The lowest BCUT2D eigenvalue weighted by Crippen LogP contribution is -2.36. The van der Waals surface area contributed by atoms with Crippen LogP contribution in [0.5, 0.6) is 0 Å². The first-order valence-corrected chi connectivity index (χ1v) is 7.29. The van der Waals surface area contributed by atoms with E-state index in [2.05, 4.69) is 78.8 Å². The normalized spacial score (nSPS) is 12.3. The molecule has 0 bridgehead atoms. The second-order valence-electron chi connectivity index (χ2n) is 5.31. The highest BCUT2D eigenvalue weighted by molar-refractivity contribution is 5.42. The molecule has 0 aliphatic heterocycles. The number of rotatable bonds is 7. The number of hydrogen-bond acceptors (Lipinski definition) is 2. The van der Waals surface area contributed by atoms with Gasteiger partial charge in [-0.25, -0.2) is 0 Å². The van der Waals surface area contributed by atoms with Crippen molar-refractivity contribution >= 4 is 5.69 Å². The van der Waals surface area contributed by atoms with Crippen LogP contribution in [0, 0.1) is 0 Å². The minimum absolute atomic E-state index is 0.513. The molecule has 106 valence electrons. The SMILES string of the molecule is C[C@H](CNc1ccccc1)N(C)CCc1ccccc1. The molecule has 0 radical (unpaired) electrons. The fourth-order valence-corrected chi connectivity index (χ4v) is 2.15. The Kier molecular flexibility index (Phi) is 5.63.